The van der Waals surface area contributed by atoms with Crippen molar-refractivity contribution in [3.63, 3.8) is 0 Å². The number of carbonyl (C=O) groups excluding carboxylic acids is 2. The third-order valence-electron chi connectivity index (χ3n) is 3.04. The first-order valence-electron chi connectivity index (χ1n) is 6.21. The van der Waals surface area contributed by atoms with Crippen LogP contribution in [0.5, 0.6) is 5.75 Å². The first-order chi connectivity index (χ1) is 8.85. The summed E-state index contributed by atoms with van der Waals surface area (Å²) in [6.07, 6.45) is 0.616. The van der Waals surface area contributed by atoms with Gasteiger partial charge in [0.2, 0.25) is 0 Å². The molecule has 104 valence electrons. The van der Waals surface area contributed by atoms with Crippen LogP contribution in [-0.2, 0) is 20.7 Å². The largest absolute Gasteiger partial charge is 0.469 e. The molecule has 0 aliphatic heterocycles. The van der Waals surface area contributed by atoms with Gasteiger partial charge in [-0.15, -0.1) is 0 Å². The van der Waals surface area contributed by atoms with Gasteiger partial charge in [0.25, 0.3) is 0 Å². The molecule has 0 heterocycles. The molecule has 1 aromatic rings. The summed E-state index contributed by atoms with van der Waals surface area (Å²) in [5, 5.41) is 0. The second kappa shape index (κ2) is 6.36. The maximum absolute atomic E-state index is 11.5. The van der Waals surface area contributed by atoms with Crippen LogP contribution in [0.25, 0.3) is 0 Å². The molecule has 0 fully saturated rings. The summed E-state index contributed by atoms with van der Waals surface area (Å²) in [4.78, 5) is 22.4. The highest BCUT2D eigenvalue weighted by molar-refractivity contribution is 5.72. The van der Waals surface area contributed by atoms with Gasteiger partial charge in [-0.05, 0) is 49.1 Å². The Labute approximate surface area is 113 Å². The molecule has 0 bridgehead atoms. The van der Waals surface area contributed by atoms with Crippen molar-refractivity contribution in [1.82, 2.24) is 0 Å². The van der Waals surface area contributed by atoms with Crippen LogP contribution >= 0.6 is 0 Å². The molecule has 1 aromatic carbocycles. The van der Waals surface area contributed by atoms with Gasteiger partial charge in [-0.1, -0.05) is 6.92 Å². The van der Waals surface area contributed by atoms with E-state index in [0.29, 0.717) is 12.2 Å². The number of methoxy groups -OCH3 is 1. The van der Waals surface area contributed by atoms with E-state index in [4.69, 9.17) is 9.47 Å². The van der Waals surface area contributed by atoms with E-state index in [2.05, 4.69) is 0 Å². The van der Waals surface area contributed by atoms with Gasteiger partial charge in [-0.2, -0.15) is 0 Å². The second-order valence-electron chi connectivity index (χ2n) is 4.76. The minimum atomic E-state index is -0.338. The smallest absolute Gasteiger partial charge is 0.308 e. The lowest BCUT2D eigenvalue weighted by Crippen LogP contribution is -2.16. The van der Waals surface area contributed by atoms with E-state index in [-0.39, 0.29) is 17.9 Å². The van der Waals surface area contributed by atoms with E-state index in [1.54, 1.807) is 0 Å². The van der Waals surface area contributed by atoms with Crippen LogP contribution in [0.3, 0.4) is 0 Å². The summed E-state index contributed by atoms with van der Waals surface area (Å²) in [5.74, 6) is -0.212. The maximum atomic E-state index is 11.5. The lowest BCUT2D eigenvalue weighted by atomic mass is 9.93. The Hall–Kier alpha value is -1.84. The van der Waals surface area contributed by atoms with Gasteiger partial charge in [0.05, 0.1) is 13.0 Å². The molecule has 19 heavy (non-hydrogen) atoms. The summed E-state index contributed by atoms with van der Waals surface area (Å²) in [6.45, 7) is 7.10. The average Bonchev–Trinajstić information content (AvgIpc) is 2.31. The van der Waals surface area contributed by atoms with Crippen molar-refractivity contribution < 1.29 is 19.1 Å². The molecule has 1 atom stereocenters. The van der Waals surface area contributed by atoms with Crippen LogP contribution in [0.15, 0.2) is 12.1 Å². The van der Waals surface area contributed by atoms with Crippen LogP contribution in [-0.4, -0.2) is 19.0 Å². The van der Waals surface area contributed by atoms with Crippen LogP contribution in [0.4, 0.5) is 0 Å². The van der Waals surface area contributed by atoms with E-state index >= 15 is 0 Å². The number of ether oxygens (including phenoxy) is 2. The molecule has 4 nitrogen and oxygen atoms in total. The van der Waals surface area contributed by atoms with Crippen molar-refractivity contribution >= 4 is 11.9 Å². The van der Waals surface area contributed by atoms with Gasteiger partial charge in [-0.3, -0.25) is 9.59 Å². The molecule has 4 heteroatoms. The van der Waals surface area contributed by atoms with Crippen LogP contribution < -0.4 is 4.74 Å². The molecular formula is C15H20O4. The van der Waals surface area contributed by atoms with E-state index in [9.17, 15) is 9.59 Å². The number of esters is 2. The molecule has 1 rings (SSSR count). The van der Waals surface area contributed by atoms with E-state index in [1.807, 2.05) is 32.9 Å². The maximum Gasteiger partial charge on any atom is 0.308 e. The zero-order chi connectivity index (χ0) is 14.6. The minimum absolute atomic E-state index is 0.193. The van der Waals surface area contributed by atoms with Gasteiger partial charge in [0, 0.05) is 6.92 Å². The fraction of sp³-hybridized carbons (Fsp3) is 0.467. The summed E-state index contributed by atoms with van der Waals surface area (Å²) in [5.41, 5.74) is 3.10. The van der Waals surface area contributed by atoms with E-state index in [0.717, 1.165) is 16.7 Å². The number of hydrogen-bond acceptors (Lipinski definition) is 4. The standard InChI is InChI=1S/C15H20O4/c1-9-6-13(19-12(4)16)7-10(2)14(9)8-11(3)15(17)18-5/h6-7,11H,8H2,1-5H3. The molecule has 0 aliphatic rings. The van der Waals surface area contributed by atoms with Gasteiger partial charge >= 0.3 is 11.9 Å². The lowest BCUT2D eigenvalue weighted by Gasteiger charge is -2.15. The quantitative estimate of drug-likeness (QED) is 0.619. The number of aryl methyl sites for hydroxylation is 2. The predicted octanol–water partition coefficient (Wildman–Crippen LogP) is 2.58. The zero-order valence-corrected chi connectivity index (χ0v) is 12.1. The van der Waals surface area contributed by atoms with E-state index < -0.39 is 0 Å². The fourth-order valence-corrected chi connectivity index (χ4v) is 2.09. The first kappa shape index (κ1) is 15.2. The topological polar surface area (TPSA) is 52.6 Å². The van der Waals surface area contributed by atoms with Gasteiger partial charge in [-0.25, -0.2) is 0 Å². The zero-order valence-electron chi connectivity index (χ0n) is 12.1. The summed E-state index contributed by atoms with van der Waals surface area (Å²) in [6, 6.07) is 3.63. The predicted molar refractivity (Wildman–Crippen MR) is 72.1 cm³/mol. The highest BCUT2D eigenvalue weighted by atomic mass is 16.5. The Morgan fingerprint density at radius 1 is 1.21 bits per heavy atom. The monoisotopic (exact) mass is 264 g/mol. The average molecular weight is 264 g/mol. The Morgan fingerprint density at radius 2 is 1.74 bits per heavy atom. The Bertz CT molecular complexity index is 468. The van der Waals surface area contributed by atoms with Crippen molar-refractivity contribution in [3.8, 4) is 5.75 Å². The normalized spacial score (nSPS) is 11.8. The van der Waals surface area contributed by atoms with E-state index in [1.165, 1.54) is 14.0 Å². The number of benzene rings is 1. The van der Waals surface area contributed by atoms with Crippen molar-refractivity contribution in [3.05, 3.63) is 28.8 Å². The summed E-state index contributed by atoms with van der Waals surface area (Å²) >= 11 is 0. The summed E-state index contributed by atoms with van der Waals surface area (Å²) in [7, 11) is 1.39. The van der Waals surface area contributed by atoms with Crippen LogP contribution in [0.1, 0.15) is 30.5 Å². The molecule has 0 saturated heterocycles. The molecule has 0 aliphatic carbocycles. The molecule has 0 spiro atoms. The Kier molecular flexibility index (Phi) is 5.10. The van der Waals surface area contributed by atoms with Gasteiger partial charge in [0.15, 0.2) is 0 Å². The van der Waals surface area contributed by atoms with Gasteiger partial charge < -0.3 is 9.47 Å². The Morgan fingerprint density at radius 3 is 2.16 bits per heavy atom. The SMILES string of the molecule is COC(=O)C(C)Cc1c(C)cc(OC(C)=O)cc1C. The molecule has 1 unspecified atom stereocenters. The molecule has 0 saturated carbocycles. The number of carbonyl (C=O) groups is 2. The second-order valence-corrected chi connectivity index (χ2v) is 4.76. The number of hydrogen-bond donors (Lipinski definition) is 0. The first-order valence-corrected chi connectivity index (χ1v) is 6.21. The Balaban J connectivity index is 2.97. The minimum Gasteiger partial charge on any atom is -0.469 e. The molecule has 0 amide bonds. The van der Waals surface area contributed by atoms with Crippen molar-refractivity contribution in [1.29, 1.82) is 0 Å². The molecule has 0 radical (unpaired) electrons. The molecular weight excluding hydrogens is 244 g/mol. The third-order valence-corrected chi connectivity index (χ3v) is 3.04. The highest BCUT2D eigenvalue weighted by Gasteiger charge is 2.17. The van der Waals surface area contributed by atoms with Crippen LogP contribution in [0.2, 0.25) is 0 Å². The van der Waals surface area contributed by atoms with Crippen molar-refractivity contribution in [2.45, 2.75) is 34.1 Å². The summed E-state index contributed by atoms with van der Waals surface area (Å²) < 4.78 is 9.81. The fourth-order valence-electron chi connectivity index (χ4n) is 2.09. The highest BCUT2D eigenvalue weighted by Crippen LogP contribution is 2.24. The lowest BCUT2D eigenvalue weighted by molar-refractivity contribution is -0.144. The molecule has 0 N–H and O–H groups in total. The van der Waals surface area contributed by atoms with Gasteiger partial charge in [0.1, 0.15) is 5.75 Å². The molecule has 0 aromatic heterocycles. The van der Waals surface area contributed by atoms with Crippen molar-refractivity contribution in [2.24, 2.45) is 5.92 Å². The third kappa shape index (κ3) is 4.09. The van der Waals surface area contributed by atoms with Crippen molar-refractivity contribution in [2.75, 3.05) is 7.11 Å². The van der Waals surface area contributed by atoms with Crippen LogP contribution in [0, 0.1) is 19.8 Å². The number of rotatable bonds is 4.